The Morgan fingerprint density at radius 1 is 1.38 bits per heavy atom. The summed E-state index contributed by atoms with van der Waals surface area (Å²) in [5, 5.41) is 0. The molecular weight excluding hydrogens is 217 g/mol. The molecule has 5 heteroatoms. The molecule has 1 unspecified atom stereocenters. The van der Waals surface area contributed by atoms with Crippen molar-refractivity contribution in [2.45, 2.75) is 38.4 Å². The molecule has 2 aliphatic rings. The van der Waals surface area contributed by atoms with Crippen LogP contribution in [0.1, 0.15) is 26.2 Å². The molecule has 16 heavy (non-hydrogen) atoms. The van der Waals surface area contributed by atoms with Gasteiger partial charge in [0, 0.05) is 18.2 Å². The molecule has 1 heterocycles. The summed E-state index contributed by atoms with van der Waals surface area (Å²) in [4.78, 5) is 3.71. The first kappa shape index (κ1) is 11.4. The van der Waals surface area contributed by atoms with Crippen molar-refractivity contribution in [3.63, 3.8) is 0 Å². The molecular formula is C11H13F3N2. The van der Waals surface area contributed by atoms with Crippen molar-refractivity contribution >= 4 is 5.71 Å². The Morgan fingerprint density at radius 3 is 2.69 bits per heavy atom. The van der Waals surface area contributed by atoms with Crippen molar-refractivity contribution < 1.29 is 13.2 Å². The van der Waals surface area contributed by atoms with Gasteiger partial charge in [-0.3, -0.25) is 4.99 Å². The van der Waals surface area contributed by atoms with Crippen LogP contribution in [0.5, 0.6) is 0 Å². The van der Waals surface area contributed by atoms with E-state index in [1.807, 2.05) is 13.0 Å². The van der Waals surface area contributed by atoms with E-state index in [0.717, 1.165) is 17.6 Å². The lowest BCUT2D eigenvalue weighted by atomic mass is 9.88. The fraction of sp³-hybridized carbons (Fsp3) is 0.545. The fourth-order valence-corrected chi connectivity index (χ4v) is 2.03. The second-order valence-corrected chi connectivity index (χ2v) is 4.26. The topological polar surface area (TPSA) is 38.4 Å². The highest BCUT2D eigenvalue weighted by Gasteiger charge is 2.39. The summed E-state index contributed by atoms with van der Waals surface area (Å²) in [6.07, 6.45) is -1.37. The van der Waals surface area contributed by atoms with Crippen molar-refractivity contribution in [2.75, 3.05) is 0 Å². The van der Waals surface area contributed by atoms with E-state index in [1.54, 1.807) is 0 Å². The molecule has 0 fully saturated rings. The number of halogens is 3. The van der Waals surface area contributed by atoms with Crippen LogP contribution >= 0.6 is 0 Å². The van der Waals surface area contributed by atoms with Gasteiger partial charge in [-0.15, -0.1) is 0 Å². The number of nitrogens with two attached hydrogens (primary N) is 1. The minimum absolute atomic E-state index is 0.216. The van der Waals surface area contributed by atoms with Crippen molar-refractivity contribution in [3.8, 4) is 0 Å². The first-order chi connectivity index (χ1) is 7.38. The van der Waals surface area contributed by atoms with Gasteiger partial charge < -0.3 is 5.73 Å². The second-order valence-electron chi connectivity index (χ2n) is 4.26. The Morgan fingerprint density at radius 2 is 2.06 bits per heavy atom. The molecule has 0 saturated carbocycles. The molecule has 88 valence electrons. The van der Waals surface area contributed by atoms with Gasteiger partial charge in [-0.05, 0) is 25.3 Å². The van der Waals surface area contributed by atoms with Gasteiger partial charge in [-0.25, -0.2) is 0 Å². The summed E-state index contributed by atoms with van der Waals surface area (Å²) in [7, 11) is 0. The highest BCUT2D eigenvalue weighted by Crippen LogP contribution is 2.34. The first-order valence-electron chi connectivity index (χ1n) is 5.18. The number of aliphatic imine (C=N–C) groups is 1. The number of hydrogen-bond acceptors (Lipinski definition) is 2. The van der Waals surface area contributed by atoms with Crippen molar-refractivity contribution in [1.82, 2.24) is 0 Å². The van der Waals surface area contributed by atoms with Gasteiger partial charge in [-0.2, -0.15) is 13.2 Å². The molecule has 0 aromatic heterocycles. The maximum absolute atomic E-state index is 12.5. The lowest BCUT2D eigenvalue weighted by Crippen LogP contribution is -2.36. The van der Waals surface area contributed by atoms with E-state index in [2.05, 4.69) is 4.99 Å². The molecule has 0 bridgehead atoms. The van der Waals surface area contributed by atoms with Crippen LogP contribution in [0.25, 0.3) is 0 Å². The molecule has 0 aromatic rings. The summed E-state index contributed by atoms with van der Waals surface area (Å²) in [5.41, 5.74) is 7.45. The normalized spacial score (nSPS) is 26.2. The van der Waals surface area contributed by atoms with E-state index in [9.17, 15) is 13.2 Å². The molecule has 2 nitrogen and oxygen atoms in total. The van der Waals surface area contributed by atoms with Gasteiger partial charge in [0.1, 0.15) is 5.71 Å². The minimum Gasteiger partial charge on any atom is -0.324 e. The van der Waals surface area contributed by atoms with Crippen LogP contribution in [-0.4, -0.2) is 17.9 Å². The number of nitrogens with zero attached hydrogens (tertiary/aromatic N) is 1. The number of alkyl halides is 3. The lowest BCUT2D eigenvalue weighted by Gasteiger charge is -2.27. The third kappa shape index (κ3) is 2.04. The molecule has 2 rings (SSSR count). The summed E-state index contributed by atoms with van der Waals surface area (Å²) in [5.74, 6) is 0. The fourth-order valence-electron chi connectivity index (χ4n) is 2.03. The van der Waals surface area contributed by atoms with Crippen LogP contribution in [0, 0.1) is 0 Å². The summed E-state index contributed by atoms with van der Waals surface area (Å²) in [6.45, 7) is 1.96. The molecule has 0 spiro atoms. The monoisotopic (exact) mass is 230 g/mol. The number of hydrogen-bond donors (Lipinski definition) is 1. The van der Waals surface area contributed by atoms with E-state index in [-0.39, 0.29) is 6.42 Å². The summed E-state index contributed by atoms with van der Waals surface area (Å²) >= 11 is 0. The highest BCUT2D eigenvalue weighted by molar-refractivity contribution is 5.92. The predicted molar refractivity (Wildman–Crippen MR) is 56.1 cm³/mol. The second kappa shape index (κ2) is 3.73. The number of rotatable bonds is 0. The molecule has 2 N–H and O–H groups in total. The van der Waals surface area contributed by atoms with Crippen LogP contribution in [-0.2, 0) is 0 Å². The Balaban J connectivity index is 2.39. The van der Waals surface area contributed by atoms with E-state index in [4.69, 9.17) is 5.73 Å². The van der Waals surface area contributed by atoms with Gasteiger partial charge in [0.15, 0.2) is 0 Å². The smallest absolute Gasteiger partial charge is 0.324 e. The lowest BCUT2D eigenvalue weighted by molar-refractivity contribution is -0.0609. The number of allylic oxidation sites excluding steroid dienone is 2. The van der Waals surface area contributed by atoms with Crippen LogP contribution in [0.3, 0.4) is 0 Å². The van der Waals surface area contributed by atoms with E-state index in [1.165, 1.54) is 0 Å². The predicted octanol–water partition coefficient (Wildman–Crippen LogP) is 2.71. The van der Waals surface area contributed by atoms with Crippen molar-refractivity contribution in [3.05, 3.63) is 22.9 Å². The van der Waals surface area contributed by atoms with Crippen LogP contribution in [0.4, 0.5) is 13.2 Å². The maximum atomic E-state index is 12.5. The van der Waals surface area contributed by atoms with Crippen LogP contribution in [0.2, 0.25) is 0 Å². The summed E-state index contributed by atoms with van der Waals surface area (Å²) in [6, 6.07) is -0.570. The van der Waals surface area contributed by atoms with Gasteiger partial charge >= 0.3 is 6.18 Å². The van der Waals surface area contributed by atoms with Gasteiger partial charge in [0.05, 0.1) is 0 Å². The van der Waals surface area contributed by atoms with Crippen LogP contribution < -0.4 is 5.73 Å². The Labute approximate surface area is 91.7 Å². The molecule has 1 aliphatic heterocycles. The molecule has 0 aromatic carbocycles. The Kier molecular flexibility index (Phi) is 2.66. The third-order valence-electron chi connectivity index (χ3n) is 2.90. The van der Waals surface area contributed by atoms with Crippen molar-refractivity contribution in [2.24, 2.45) is 10.7 Å². The summed E-state index contributed by atoms with van der Waals surface area (Å²) < 4.78 is 37.6. The molecule has 0 saturated heterocycles. The van der Waals surface area contributed by atoms with Crippen molar-refractivity contribution in [1.29, 1.82) is 0 Å². The molecule has 1 atom stereocenters. The molecule has 1 aliphatic carbocycles. The standard InChI is InChI=1S/C11H13F3N2/c1-6-2-3-9-7(4-6)8(15)5-10(16-9)11(12,13)14/h4,8H,2-3,5,15H2,1H3. The zero-order chi connectivity index (χ0) is 11.9. The largest absolute Gasteiger partial charge is 0.429 e. The molecule has 0 radical (unpaired) electrons. The zero-order valence-electron chi connectivity index (χ0n) is 8.93. The van der Waals surface area contributed by atoms with E-state index < -0.39 is 17.9 Å². The minimum atomic E-state index is -4.35. The van der Waals surface area contributed by atoms with E-state index in [0.29, 0.717) is 12.1 Å². The zero-order valence-corrected chi connectivity index (χ0v) is 8.93. The first-order valence-corrected chi connectivity index (χ1v) is 5.18. The maximum Gasteiger partial charge on any atom is 0.429 e. The third-order valence-corrected chi connectivity index (χ3v) is 2.90. The highest BCUT2D eigenvalue weighted by atomic mass is 19.4. The Bertz CT molecular complexity index is 402. The SMILES string of the molecule is CC1=CC2=C(CC1)N=C(C(F)(F)F)CC2N. The van der Waals surface area contributed by atoms with Crippen LogP contribution in [0.15, 0.2) is 27.9 Å². The Hall–Kier alpha value is -1.10. The van der Waals surface area contributed by atoms with Gasteiger partial charge in [-0.1, -0.05) is 11.6 Å². The molecule has 0 amide bonds. The van der Waals surface area contributed by atoms with Gasteiger partial charge in [0.25, 0.3) is 0 Å². The van der Waals surface area contributed by atoms with Gasteiger partial charge in [0.2, 0.25) is 0 Å². The average Bonchev–Trinajstić information content (AvgIpc) is 2.17. The quantitative estimate of drug-likeness (QED) is 0.682. The van der Waals surface area contributed by atoms with E-state index >= 15 is 0 Å². The average molecular weight is 230 g/mol.